The number of hydrogen-bond donors (Lipinski definition) is 1. The van der Waals surface area contributed by atoms with Gasteiger partial charge < -0.3 is 10.1 Å². The number of carbonyl (C=O) groups excluding carboxylic acids is 1. The summed E-state index contributed by atoms with van der Waals surface area (Å²) < 4.78 is 4.80. The zero-order valence-corrected chi connectivity index (χ0v) is 7.81. The van der Waals surface area contributed by atoms with Gasteiger partial charge in [0.25, 0.3) is 0 Å². The number of fused-ring (bicyclic) bond motifs is 1. The van der Waals surface area contributed by atoms with E-state index in [1.807, 2.05) is 6.92 Å². The van der Waals surface area contributed by atoms with Gasteiger partial charge in [0, 0.05) is 5.41 Å². The Labute approximate surface area is 72.5 Å². The van der Waals surface area contributed by atoms with Crippen LogP contribution in [0.3, 0.4) is 0 Å². The molecule has 3 unspecified atom stereocenters. The fourth-order valence-electron chi connectivity index (χ4n) is 2.40. The highest BCUT2D eigenvalue weighted by Gasteiger charge is 2.69. The minimum absolute atomic E-state index is 0.120. The summed E-state index contributed by atoms with van der Waals surface area (Å²) in [6, 6.07) is 0. The molecule has 0 spiro atoms. The third-order valence-corrected chi connectivity index (χ3v) is 3.85. The summed E-state index contributed by atoms with van der Waals surface area (Å²) in [5, 5.41) is 3.25. The molecule has 1 saturated carbocycles. The number of ether oxygens (including phenoxy) is 1. The van der Waals surface area contributed by atoms with E-state index in [1.165, 1.54) is 7.11 Å². The predicted octanol–water partition coefficient (Wildman–Crippen LogP) is 0.547. The van der Waals surface area contributed by atoms with Crippen LogP contribution in [0.25, 0.3) is 0 Å². The topological polar surface area (TPSA) is 38.3 Å². The quantitative estimate of drug-likeness (QED) is 0.582. The van der Waals surface area contributed by atoms with Gasteiger partial charge in [0.1, 0.15) is 5.54 Å². The highest BCUT2D eigenvalue weighted by atomic mass is 16.5. The molecule has 3 heteroatoms. The van der Waals surface area contributed by atoms with E-state index in [0.29, 0.717) is 5.92 Å². The highest BCUT2D eigenvalue weighted by molar-refractivity contribution is 5.83. The van der Waals surface area contributed by atoms with Crippen molar-refractivity contribution in [1.29, 1.82) is 0 Å². The molecule has 1 aliphatic heterocycles. The van der Waals surface area contributed by atoms with Gasteiger partial charge in [-0.05, 0) is 25.8 Å². The Morgan fingerprint density at radius 2 is 2.25 bits per heavy atom. The molecular weight excluding hydrogens is 154 g/mol. The summed E-state index contributed by atoms with van der Waals surface area (Å²) in [5.74, 6) is 0.562. The number of methoxy groups -OCH3 is 1. The van der Waals surface area contributed by atoms with Gasteiger partial charge >= 0.3 is 5.97 Å². The number of carbonyl (C=O) groups is 1. The maximum atomic E-state index is 11.5. The van der Waals surface area contributed by atoms with Crippen LogP contribution in [0.1, 0.15) is 20.3 Å². The van der Waals surface area contributed by atoms with Crippen LogP contribution >= 0.6 is 0 Å². The Hall–Kier alpha value is -0.570. The molecule has 68 valence electrons. The lowest BCUT2D eigenvalue weighted by atomic mass is 9.85. The predicted molar refractivity (Wildman–Crippen MR) is 44.6 cm³/mol. The van der Waals surface area contributed by atoms with Gasteiger partial charge in [0.05, 0.1) is 7.11 Å². The van der Waals surface area contributed by atoms with Crippen LogP contribution < -0.4 is 5.32 Å². The molecular formula is C9H15NO2. The molecule has 3 atom stereocenters. The summed E-state index contributed by atoms with van der Waals surface area (Å²) in [6.45, 7) is 5.07. The van der Waals surface area contributed by atoms with E-state index < -0.39 is 5.54 Å². The van der Waals surface area contributed by atoms with Crippen molar-refractivity contribution in [2.45, 2.75) is 25.8 Å². The summed E-state index contributed by atoms with van der Waals surface area (Å²) in [7, 11) is 1.45. The van der Waals surface area contributed by atoms with Crippen molar-refractivity contribution in [2.24, 2.45) is 11.3 Å². The fraction of sp³-hybridized carbons (Fsp3) is 0.889. The zero-order chi connectivity index (χ0) is 8.98. The lowest BCUT2D eigenvalue weighted by Gasteiger charge is -2.29. The molecule has 0 amide bonds. The van der Waals surface area contributed by atoms with Crippen LogP contribution in [0.4, 0.5) is 0 Å². The van der Waals surface area contributed by atoms with Gasteiger partial charge in [-0.1, -0.05) is 6.92 Å². The van der Waals surface area contributed by atoms with Crippen molar-refractivity contribution in [3.8, 4) is 0 Å². The molecule has 2 fully saturated rings. The molecule has 3 nitrogen and oxygen atoms in total. The average molecular weight is 169 g/mol. The van der Waals surface area contributed by atoms with Crippen LogP contribution in [0, 0.1) is 11.3 Å². The second kappa shape index (κ2) is 2.02. The summed E-state index contributed by atoms with van der Waals surface area (Å²) >= 11 is 0. The number of piperidine rings is 1. The standard InChI is InChI=1S/C9H15NO2/c1-8-4-6(8)5-10-9(8,2)7(11)12-3/h6,10H,4-5H2,1-3H3. The molecule has 1 saturated heterocycles. The normalized spacial score (nSPS) is 50.1. The lowest BCUT2D eigenvalue weighted by Crippen LogP contribution is -2.52. The van der Waals surface area contributed by atoms with E-state index in [9.17, 15) is 4.79 Å². The molecule has 0 aromatic carbocycles. The van der Waals surface area contributed by atoms with Crippen molar-refractivity contribution in [2.75, 3.05) is 13.7 Å². The Bertz CT molecular complexity index is 239. The molecule has 0 aromatic rings. The SMILES string of the molecule is COC(=O)C1(C)NCC2CC21C. The Morgan fingerprint density at radius 3 is 2.58 bits per heavy atom. The first-order valence-corrected chi connectivity index (χ1v) is 4.38. The molecule has 0 radical (unpaired) electrons. The van der Waals surface area contributed by atoms with E-state index in [0.717, 1.165) is 13.0 Å². The summed E-state index contributed by atoms with van der Waals surface area (Å²) in [4.78, 5) is 11.5. The average Bonchev–Trinajstić information content (AvgIpc) is 2.66. The molecule has 2 aliphatic rings. The summed E-state index contributed by atoms with van der Waals surface area (Å²) in [6.07, 6.45) is 1.16. The van der Waals surface area contributed by atoms with Crippen LogP contribution in [0.5, 0.6) is 0 Å². The Kier molecular flexibility index (Phi) is 1.35. The van der Waals surface area contributed by atoms with E-state index in [4.69, 9.17) is 4.74 Å². The minimum atomic E-state index is -0.438. The van der Waals surface area contributed by atoms with Crippen LogP contribution in [-0.2, 0) is 9.53 Å². The number of rotatable bonds is 1. The first kappa shape index (κ1) is 8.05. The molecule has 0 aromatic heterocycles. The first-order chi connectivity index (χ1) is 5.54. The van der Waals surface area contributed by atoms with Gasteiger partial charge in [-0.25, -0.2) is 0 Å². The molecule has 1 heterocycles. The Balaban J connectivity index is 2.26. The van der Waals surface area contributed by atoms with Crippen molar-refractivity contribution in [3.63, 3.8) is 0 Å². The zero-order valence-electron chi connectivity index (χ0n) is 7.81. The van der Waals surface area contributed by atoms with Crippen molar-refractivity contribution in [1.82, 2.24) is 5.32 Å². The number of esters is 1. The maximum Gasteiger partial charge on any atom is 0.326 e. The number of nitrogens with one attached hydrogen (secondary N) is 1. The van der Waals surface area contributed by atoms with Crippen LogP contribution in [-0.4, -0.2) is 25.2 Å². The minimum Gasteiger partial charge on any atom is -0.468 e. The molecule has 0 bridgehead atoms. The second-order valence-corrected chi connectivity index (χ2v) is 4.32. The first-order valence-electron chi connectivity index (χ1n) is 4.38. The lowest BCUT2D eigenvalue weighted by molar-refractivity contribution is -0.149. The Morgan fingerprint density at radius 1 is 1.58 bits per heavy atom. The van der Waals surface area contributed by atoms with Crippen molar-refractivity contribution in [3.05, 3.63) is 0 Å². The van der Waals surface area contributed by atoms with Gasteiger partial charge in [0.2, 0.25) is 0 Å². The van der Waals surface area contributed by atoms with Gasteiger partial charge in [-0.3, -0.25) is 4.79 Å². The van der Waals surface area contributed by atoms with Crippen molar-refractivity contribution < 1.29 is 9.53 Å². The molecule has 2 rings (SSSR count). The maximum absolute atomic E-state index is 11.5. The monoisotopic (exact) mass is 169 g/mol. The van der Waals surface area contributed by atoms with Gasteiger partial charge in [-0.2, -0.15) is 0 Å². The van der Waals surface area contributed by atoms with E-state index in [-0.39, 0.29) is 11.4 Å². The third-order valence-electron chi connectivity index (χ3n) is 3.85. The van der Waals surface area contributed by atoms with Gasteiger partial charge in [0.15, 0.2) is 0 Å². The molecule has 1 aliphatic carbocycles. The van der Waals surface area contributed by atoms with Crippen molar-refractivity contribution >= 4 is 5.97 Å². The summed E-state index contributed by atoms with van der Waals surface area (Å²) in [5.41, 5.74) is -0.285. The fourth-order valence-corrected chi connectivity index (χ4v) is 2.40. The number of hydrogen-bond acceptors (Lipinski definition) is 3. The van der Waals surface area contributed by atoms with Gasteiger partial charge in [-0.15, -0.1) is 0 Å². The largest absolute Gasteiger partial charge is 0.468 e. The van der Waals surface area contributed by atoms with Crippen LogP contribution in [0.15, 0.2) is 0 Å². The molecule has 1 N–H and O–H groups in total. The van der Waals surface area contributed by atoms with E-state index in [2.05, 4.69) is 12.2 Å². The van der Waals surface area contributed by atoms with Crippen LogP contribution in [0.2, 0.25) is 0 Å². The molecule has 12 heavy (non-hydrogen) atoms. The smallest absolute Gasteiger partial charge is 0.326 e. The van der Waals surface area contributed by atoms with E-state index >= 15 is 0 Å². The van der Waals surface area contributed by atoms with E-state index in [1.54, 1.807) is 0 Å². The highest BCUT2D eigenvalue weighted by Crippen LogP contribution is 2.62. The second-order valence-electron chi connectivity index (χ2n) is 4.32. The third kappa shape index (κ3) is 0.678.